The Bertz CT molecular complexity index is 814. The van der Waals surface area contributed by atoms with Crippen molar-refractivity contribution in [2.45, 2.75) is 18.6 Å². The first-order valence-electron chi connectivity index (χ1n) is 6.91. The van der Waals surface area contributed by atoms with Gasteiger partial charge in [-0.1, -0.05) is 35.5 Å². The Hall–Kier alpha value is -2.40. The predicted molar refractivity (Wildman–Crippen MR) is 78.1 cm³/mol. The minimum absolute atomic E-state index is 0.0249. The Morgan fingerprint density at radius 3 is 2.81 bits per heavy atom. The van der Waals surface area contributed by atoms with Crippen LogP contribution in [0.5, 0.6) is 5.75 Å². The second-order valence-corrected chi connectivity index (χ2v) is 5.56. The first kappa shape index (κ1) is 12.3. The minimum Gasteiger partial charge on any atom is -0.467 e. The van der Waals surface area contributed by atoms with Crippen molar-refractivity contribution in [2.24, 2.45) is 0 Å². The number of fused-ring (bicyclic) bond motifs is 2. The SMILES string of the molecule is CC1(CO)c2ccccc2OC1n1nnc2ccccc21. The van der Waals surface area contributed by atoms with E-state index < -0.39 is 11.6 Å². The van der Waals surface area contributed by atoms with Crippen LogP contribution >= 0.6 is 0 Å². The maximum Gasteiger partial charge on any atom is 0.205 e. The van der Waals surface area contributed by atoms with Crippen LogP contribution in [0.4, 0.5) is 0 Å². The third-order valence-corrected chi connectivity index (χ3v) is 4.21. The van der Waals surface area contributed by atoms with Gasteiger partial charge in [0, 0.05) is 5.56 Å². The molecule has 106 valence electrons. The molecular formula is C16H15N3O2. The number of aliphatic hydroxyl groups is 1. The van der Waals surface area contributed by atoms with E-state index in [1.807, 2.05) is 55.5 Å². The molecule has 0 radical (unpaired) electrons. The summed E-state index contributed by atoms with van der Waals surface area (Å²) in [6.45, 7) is 1.96. The van der Waals surface area contributed by atoms with E-state index in [9.17, 15) is 5.11 Å². The lowest BCUT2D eigenvalue weighted by Crippen LogP contribution is -2.36. The lowest BCUT2D eigenvalue weighted by Gasteiger charge is -2.28. The molecule has 1 aromatic heterocycles. The molecule has 1 aliphatic rings. The number of para-hydroxylation sites is 2. The summed E-state index contributed by atoms with van der Waals surface area (Å²) in [5, 5.41) is 18.4. The van der Waals surface area contributed by atoms with Crippen molar-refractivity contribution in [2.75, 3.05) is 6.61 Å². The maximum atomic E-state index is 9.97. The normalized spacial score (nSPS) is 24.0. The van der Waals surface area contributed by atoms with Crippen LogP contribution in [0.1, 0.15) is 18.7 Å². The molecule has 21 heavy (non-hydrogen) atoms. The van der Waals surface area contributed by atoms with E-state index in [2.05, 4.69) is 10.3 Å². The molecule has 2 atom stereocenters. The van der Waals surface area contributed by atoms with E-state index in [0.717, 1.165) is 22.3 Å². The second-order valence-electron chi connectivity index (χ2n) is 5.56. The monoisotopic (exact) mass is 281 g/mol. The average molecular weight is 281 g/mol. The van der Waals surface area contributed by atoms with Crippen molar-refractivity contribution < 1.29 is 9.84 Å². The highest BCUT2D eigenvalue weighted by Crippen LogP contribution is 2.47. The number of hydrogen-bond donors (Lipinski definition) is 1. The van der Waals surface area contributed by atoms with E-state index in [1.165, 1.54) is 0 Å². The average Bonchev–Trinajstić information content (AvgIpc) is 3.07. The van der Waals surface area contributed by atoms with Crippen LogP contribution in [0.2, 0.25) is 0 Å². The van der Waals surface area contributed by atoms with Crippen LogP contribution in [0, 0.1) is 0 Å². The third kappa shape index (κ3) is 1.61. The molecule has 0 saturated carbocycles. The van der Waals surface area contributed by atoms with Crippen LogP contribution in [-0.4, -0.2) is 26.7 Å². The standard InChI is InChI=1S/C16H15N3O2/c1-16(10-20)11-6-2-5-9-14(11)21-15(16)19-13-8-4-3-7-12(13)17-18-19/h2-9,15,20H,10H2,1H3. The van der Waals surface area contributed by atoms with Crippen molar-refractivity contribution in [3.05, 3.63) is 54.1 Å². The number of hydrogen-bond acceptors (Lipinski definition) is 4. The topological polar surface area (TPSA) is 60.2 Å². The maximum absolute atomic E-state index is 9.97. The van der Waals surface area contributed by atoms with Crippen LogP contribution in [0.3, 0.4) is 0 Å². The molecule has 2 unspecified atom stereocenters. The molecule has 0 bridgehead atoms. The molecule has 0 amide bonds. The van der Waals surface area contributed by atoms with Crippen molar-refractivity contribution in [1.82, 2.24) is 15.0 Å². The highest BCUT2D eigenvalue weighted by atomic mass is 16.5. The van der Waals surface area contributed by atoms with Crippen LogP contribution in [0.25, 0.3) is 11.0 Å². The summed E-state index contributed by atoms with van der Waals surface area (Å²) < 4.78 is 7.82. The van der Waals surface area contributed by atoms with Gasteiger partial charge in [-0.3, -0.25) is 0 Å². The van der Waals surface area contributed by atoms with E-state index >= 15 is 0 Å². The number of nitrogens with zero attached hydrogens (tertiary/aromatic N) is 3. The number of rotatable bonds is 2. The van der Waals surface area contributed by atoms with Gasteiger partial charge in [-0.2, -0.15) is 0 Å². The lowest BCUT2D eigenvalue weighted by molar-refractivity contribution is 0.0402. The fourth-order valence-electron chi connectivity index (χ4n) is 2.97. The van der Waals surface area contributed by atoms with E-state index in [4.69, 9.17) is 4.74 Å². The van der Waals surface area contributed by atoms with Crippen LogP contribution in [-0.2, 0) is 5.41 Å². The molecule has 0 saturated heterocycles. The van der Waals surface area contributed by atoms with E-state index in [1.54, 1.807) is 4.68 Å². The summed E-state index contributed by atoms with van der Waals surface area (Å²) in [6, 6.07) is 15.5. The highest BCUT2D eigenvalue weighted by molar-refractivity contribution is 5.74. The highest BCUT2D eigenvalue weighted by Gasteiger charge is 2.47. The summed E-state index contributed by atoms with van der Waals surface area (Å²) in [5.41, 5.74) is 2.16. The fraction of sp³-hybridized carbons (Fsp3) is 0.250. The number of aromatic nitrogens is 3. The van der Waals surface area contributed by atoms with Gasteiger partial charge in [0.05, 0.1) is 17.5 Å². The smallest absolute Gasteiger partial charge is 0.205 e. The number of benzene rings is 2. The Morgan fingerprint density at radius 2 is 1.95 bits per heavy atom. The molecule has 1 aliphatic heterocycles. The Kier molecular flexibility index (Phi) is 2.53. The summed E-state index contributed by atoms with van der Waals surface area (Å²) in [4.78, 5) is 0. The molecule has 2 aromatic carbocycles. The van der Waals surface area contributed by atoms with Crippen LogP contribution in [0.15, 0.2) is 48.5 Å². The molecule has 0 spiro atoms. The Labute approximate surface area is 121 Å². The van der Waals surface area contributed by atoms with E-state index in [-0.39, 0.29) is 6.61 Å². The van der Waals surface area contributed by atoms with Gasteiger partial charge in [0.2, 0.25) is 6.23 Å². The largest absolute Gasteiger partial charge is 0.467 e. The van der Waals surface area contributed by atoms with Crippen molar-refractivity contribution in [3.8, 4) is 5.75 Å². The summed E-state index contributed by atoms with van der Waals surface area (Å²) >= 11 is 0. The molecule has 1 N–H and O–H groups in total. The van der Waals surface area contributed by atoms with Gasteiger partial charge in [0.15, 0.2) is 0 Å². The predicted octanol–water partition coefficient (Wildman–Crippen LogP) is 2.27. The molecular weight excluding hydrogens is 266 g/mol. The van der Waals surface area contributed by atoms with Gasteiger partial charge in [-0.25, -0.2) is 4.68 Å². The molecule has 0 fully saturated rings. The quantitative estimate of drug-likeness (QED) is 0.783. The first-order valence-corrected chi connectivity index (χ1v) is 6.91. The van der Waals surface area contributed by atoms with Crippen molar-refractivity contribution in [3.63, 3.8) is 0 Å². The van der Waals surface area contributed by atoms with E-state index in [0.29, 0.717) is 0 Å². The summed E-state index contributed by atoms with van der Waals surface area (Å²) in [6.07, 6.45) is -0.410. The number of ether oxygens (including phenoxy) is 1. The molecule has 0 aliphatic carbocycles. The molecule has 3 aromatic rings. The zero-order valence-electron chi connectivity index (χ0n) is 11.6. The van der Waals surface area contributed by atoms with Crippen LogP contribution < -0.4 is 4.74 Å². The van der Waals surface area contributed by atoms with Gasteiger partial charge < -0.3 is 9.84 Å². The summed E-state index contributed by atoms with van der Waals surface area (Å²) in [7, 11) is 0. The fourth-order valence-corrected chi connectivity index (χ4v) is 2.97. The van der Waals surface area contributed by atoms with Crippen molar-refractivity contribution in [1.29, 1.82) is 0 Å². The molecule has 5 heteroatoms. The molecule has 2 heterocycles. The van der Waals surface area contributed by atoms with Gasteiger partial charge in [-0.05, 0) is 25.1 Å². The zero-order valence-corrected chi connectivity index (χ0v) is 11.6. The minimum atomic E-state index is -0.549. The molecule has 4 rings (SSSR count). The Morgan fingerprint density at radius 1 is 1.19 bits per heavy atom. The number of aliphatic hydroxyl groups excluding tert-OH is 1. The third-order valence-electron chi connectivity index (χ3n) is 4.21. The second kappa shape index (κ2) is 4.30. The molecule has 5 nitrogen and oxygen atoms in total. The van der Waals surface area contributed by atoms with Gasteiger partial charge in [0.1, 0.15) is 11.3 Å². The Balaban J connectivity index is 1.90. The van der Waals surface area contributed by atoms with Gasteiger partial charge >= 0.3 is 0 Å². The summed E-state index contributed by atoms with van der Waals surface area (Å²) in [5.74, 6) is 0.790. The zero-order chi connectivity index (χ0) is 14.4. The van der Waals surface area contributed by atoms with Crippen molar-refractivity contribution >= 4 is 11.0 Å². The lowest BCUT2D eigenvalue weighted by atomic mass is 9.83. The first-order chi connectivity index (χ1) is 10.2. The van der Waals surface area contributed by atoms with Gasteiger partial charge in [0.25, 0.3) is 0 Å². The van der Waals surface area contributed by atoms with Gasteiger partial charge in [-0.15, -0.1) is 5.10 Å².